The van der Waals surface area contributed by atoms with Crippen LogP contribution in [0.1, 0.15) is 46.5 Å². The number of benzene rings is 1. The fourth-order valence-corrected chi connectivity index (χ4v) is 5.33. The quantitative estimate of drug-likeness (QED) is 0.532. The van der Waals surface area contributed by atoms with Gasteiger partial charge in [0.15, 0.2) is 0 Å². The standard InChI is InChI=1S/C23H31FN4O4S.K.H/c1-5-28-10-7-18(8-11-28)33(30,31)27-23(29)26-22-19(15(2)3)13-17(24)14-20(22)16-6-9-25-21(12-16)32-4;;/h6,9,12-15,18H,5,7-8,10-11H2,1-4H3,(H2,26,27,29);;/q;+1;-1. The van der Waals surface area contributed by atoms with Crippen LogP contribution < -0.4 is 66.2 Å². The van der Waals surface area contributed by atoms with Gasteiger partial charge in [0.2, 0.25) is 15.9 Å². The van der Waals surface area contributed by atoms with Crippen LogP contribution >= 0.6 is 0 Å². The molecule has 2 amide bonds. The van der Waals surface area contributed by atoms with Gasteiger partial charge in [-0.2, -0.15) is 0 Å². The molecule has 1 fully saturated rings. The molecule has 0 bridgehead atoms. The van der Waals surface area contributed by atoms with Gasteiger partial charge >= 0.3 is 57.4 Å². The first-order valence-corrected chi connectivity index (χ1v) is 12.6. The van der Waals surface area contributed by atoms with Crippen molar-refractivity contribution in [1.82, 2.24) is 14.6 Å². The number of methoxy groups -OCH3 is 1. The van der Waals surface area contributed by atoms with Crippen molar-refractivity contribution in [3.8, 4) is 17.0 Å². The molecule has 0 radical (unpaired) electrons. The maximum atomic E-state index is 14.5. The van der Waals surface area contributed by atoms with Crippen molar-refractivity contribution < 1.29 is 75.2 Å². The Bertz CT molecular complexity index is 1110. The van der Waals surface area contributed by atoms with Gasteiger partial charge in [-0.25, -0.2) is 27.3 Å². The molecule has 2 N–H and O–H groups in total. The van der Waals surface area contributed by atoms with Crippen LogP contribution in [0.4, 0.5) is 14.9 Å². The molecule has 3 rings (SSSR count). The normalized spacial score (nSPS) is 15.0. The summed E-state index contributed by atoms with van der Waals surface area (Å²) in [6.07, 6.45) is 2.45. The number of anilines is 1. The van der Waals surface area contributed by atoms with Crippen LogP contribution in [0.15, 0.2) is 30.5 Å². The van der Waals surface area contributed by atoms with Crippen LogP contribution in [0.25, 0.3) is 11.1 Å². The number of aromatic nitrogens is 1. The van der Waals surface area contributed by atoms with E-state index in [0.29, 0.717) is 54.2 Å². The Labute approximate surface area is 245 Å². The zero-order valence-electron chi connectivity index (χ0n) is 21.4. The van der Waals surface area contributed by atoms with Crippen LogP contribution in [0, 0.1) is 5.82 Å². The molecule has 1 aromatic heterocycles. The number of amides is 2. The molecule has 1 saturated heterocycles. The molecule has 8 nitrogen and oxygen atoms in total. The topological polar surface area (TPSA) is 101 Å². The fourth-order valence-electron chi connectivity index (χ4n) is 4.03. The maximum Gasteiger partial charge on any atom is 1.00 e. The van der Waals surface area contributed by atoms with E-state index in [0.717, 1.165) is 6.54 Å². The van der Waals surface area contributed by atoms with Gasteiger partial charge in [-0.15, -0.1) is 0 Å². The Morgan fingerprint density at radius 3 is 2.56 bits per heavy atom. The van der Waals surface area contributed by atoms with E-state index >= 15 is 0 Å². The first-order valence-electron chi connectivity index (χ1n) is 11.0. The van der Waals surface area contributed by atoms with Crippen molar-refractivity contribution in [2.75, 3.05) is 32.1 Å². The first-order chi connectivity index (χ1) is 15.6. The van der Waals surface area contributed by atoms with E-state index in [1.165, 1.54) is 25.4 Å². The van der Waals surface area contributed by atoms with Crippen molar-refractivity contribution in [2.24, 2.45) is 0 Å². The number of likely N-dealkylation sites (tertiary alicyclic amines) is 1. The minimum Gasteiger partial charge on any atom is -1.00 e. The summed E-state index contributed by atoms with van der Waals surface area (Å²) in [5.41, 5.74) is 1.87. The Hall–Kier alpha value is -1.08. The Morgan fingerprint density at radius 2 is 1.97 bits per heavy atom. The van der Waals surface area contributed by atoms with Crippen molar-refractivity contribution in [3.05, 3.63) is 41.8 Å². The molecule has 0 spiro atoms. The monoisotopic (exact) mass is 518 g/mol. The summed E-state index contributed by atoms with van der Waals surface area (Å²) in [5.74, 6) is -0.265. The number of hydrogen-bond donors (Lipinski definition) is 2. The number of carbonyl (C=O) groups excluding carboxylic acids is 1. The van der Waals surface area contributed by atoms with E-state index in [1.807, 2.05) is 20.8 Å². The van der Waals surface area contributed by atoms with Crippen molar-refractivity contribution >= 4 is 21.7 Å². The molecule has 0 saturated carbocycles. The first kappa shape index (κ1) is 29.1. The Morgan fingerprint density at radius 1 is 1.29 bits per heavy atom. The molecular formula is C23H32FKN4O4S. The largest absolute Gasteiger partial charge is 1.00 e. The van der Waals surface area contributed by atoms with Crippen LogP contribution in [-0.4, -0.2) is 56.3 Å². The molecule has 11 heteroatoms. The molecule has 1 aliphatic rings. The SMILES string of the molecule is CCN1CCC(S(=O)(=O)NC(=O)Nc2c(-c3ccnc(OC)c3)cc(F)cc2C(C)C)CC1.[H-].[K+]. The number of ether oxygens (including phenoxy) is 1. The van der Waals surface area contributed by atoms with Crippen LogP contribution in [-0.2, 0) is 10.0 Å². The number of piperidine rings is 1. The van der Waals surface area contributed by atoms with Crippen molar-refractivity contribution in [1.29, 1.82) is 0 Å². The summed E-state index contributed by atoms with van der Waals surface area (Å²) in [6.45, 7) is 7.98. The van der Waals surface area contributed by atoms with Gasteiger partial charge < -0.3 is 16.4 Å². The van der Waals surface area contributed by atoms with E-state index in [1.54, 1.807) is 12.1 Å². The predicted molar refractivity (Wildman–Crippen MR) is 128 cm³/mol. The second-order valence-corrected chi connectivity index (χ2v) is 10.4. The second-order valence-electron chi connectivity index (χ2n) is 8.39. The van der Waals surface area contributed by atoms with Gasteiger partial charge in [0, 0.05) is 17.8 Å². The summed E-state index contributed by atoms with van der Waals surface area (Å²) in [7, 11) is -2.38. The van der Waals surface area contributed by atoms with Gasteiger partial charge in [-0.1, -0.05) is 20.8 Å². The molecule has 34 heavy (non-hydrogen) atoms. The summed E-state index contributed by atoms with van der Waals surface area (Å²) < 4.78 is 47.4. The summed E-state index contributed by atoms with van der Waals surface area (Å²) in [4.78, 5) is 19.1. The Balaban J connectivity index is 0.00000306. The van der Waals surface area contributed by atoms with Crippen molar-refractivity contribution in [2.45, 2.75) is 44.8 Å². The molecule has 182 valence electrons. The van der Waals surface area contributed by atoms with Crippen LogP contribution in [0.5, 0.6) is 5.88 Å². The van der Waals surface area contributed by atoms with Gasteiger partial charge in [-0.05, 0) is 67.7 Å². The third kappa shape index (κ3) is 7.22. The third-order valence-electron chi connectivity index (χ3n) is 5.90. The van der Waals surface area contributed by atoms with Crippen molar-refractivity contribution in [3.63, 3.8) is 0 Å². The molecule has 0 aliphatic carbocycles. The number of urea groups is 1. The van der Waals surface area contributed by atoms with E-state index in [4.69, 9.17) is 4.74 Å². The number of nitrogens with zero attached hydrogens (tertiary/aromatic N) is 2. The molecule has 1 aliphatic heterocycles. The van der Waals surface area contributed by atoms with E-state index in [2.05, 4.69) is 19.9 Å². The van der Waals surface area contributed by atoms with E-state index < -0.39 is 27.1 Å². The number of rotatable bonds is 7. The maximum absolute atomic E-state index is 14.5. The third-order valence-corrected chi connectivity index (χ3v) is 7.72. The number of halogens is 1. The zero-order chi connectivity index (χ0) is 24.2. The molecular weight excluding hydrogens is 486 g/mol. The smallest absolute Gasteiger partial charge is 1.00 e. The number of nitrogens with one attached hydrogen (secondary N) is 2. The summed E-state index contributed by atoms with van der Waals surface area (Å²) in [6, 6.07) is 5.06. The summed E-state index contributed by atoms with van der Waals surface area (Å²) >= 11 is 0. The zero-order valence-corrected chi connectivity index (χ0v) is 24.3. The van der Waals surface area contributed by atoms with Gasteiger partial charge in [0.05, 0.1) is 18.0 Å². The van der Waals surface area contributed by atoms with Gasteiger partial charge in [0.25, 0.3) is 0 Å². The summed E-state index contributed by atoms with van der Waals surface area (Å²) in [5, 5.41) is 2.04. The number of hydrogen-bond acceptors (Lipinski definition) is 6. The molecule has 2 aromatic rings. The average Bonchev–Trinajstić information content (AvgIpc) is 2.79. The van der Waals surface area contributed by atoms with Crippen LogP contribution in [0.3, 0.4) is 0 Å². The minimum atomic E-state index is -3.86. The fraction of sp³-hybridized carbons (Fsp3) is 0.478. The molecule has 2 heterocycles. The van der Waals surface area contributed by atoms with E-state index in [9.17, 15) is 17.6 Å². The number of carbonyl (C=O) groups is 1. The molecule has 1 aromatic carbocycles. The molecule has 0 atom stereocenters. The van der Waals surface area contributed by atoms with Gasteiger partial charge in [-0.3, -0.25) is 0 Å². The van der Waals surface area contributed by atoms with Crippen LogP contribution in [0.2, 0.25) is 0 Å². The Kier molecular flexibility index (Phi) is 10.9. The minimum absolute atomic E-state index is 0. The predicted octanol–water partition coefficient (Wildman–Crippen LogP) is 1.07. The van der Waals surface area contributed by atoms with E-state index in [-0.39, 0.29) is 58.7 Å². The molecule has 0 unspecified atom stereocenters. The number of sulfonamides is 1. The average molecular weight is 519 g/mol. The van der Waals surface area contributed by atoms with Gasteiger partial charge in [0.1, 0.15) is 5.82 Å². The number of pyridine rings is 1. The second kappa shape index (κ2) is 12.7.